The van der Waals surface area contributed by atoms with Gasteiger partial charge in [0.2, 0.25) is 0 Å². The lowest BCUT2D eigenvalue weighted by Gasteiger charge is -2.06. The number of anilines is 2. The van der Waals surface area contributed by atoms with Gasteiger partial charge in [-0.25, -0.2) is 19.2 Å². The first kappa shape index (κ1) is 24.6. The summed E-state index contributed by atoms with van der Waals surface area (Å²) in [6.07, 6.45) is 1.71. The third kappa shape index (κ3) is 7.13. The van der Waals surface area contributed by atoms with Crippen LogP contribution in [0.25, 0.3) is 10.2 Å². The van der Waals surface area contributed by atoms with Crippen LogP contribution in [0.1, 0.15) is 29.8 Å². The molecule has 0 amide bonds. The first-order valence-electron chi connectivity index (χ1n) is 8.96. The number of thiophene rings is 1. The van der Waals surface area contributed by atoms with Crippen molar-refractivity contribution in [3.8, 4) is 0 Å². The number of hydrogen-bond acceptors (Lipinski definition) is 7. The van der Waals surface area contributed by atoms with Gasteiger partial charge < -0.3 is 10.4 Å². The van der Waals surface area contributed by atoms with E-state index in [0.717, 1.165) is 11.8 Å². The SMILES string of the molecule is CC.CNOCCO.Cc1ccc(Nc2sc3ncc(F)cc3c2C=O)c(F)c1. The number of aliphatic hydroxyl groups is 1. The minimum Gasteiger partial charge on any atom is -0.394 e. The number of carbonyl (C=O) groups excluding carboxylic acids is 1. The molecule has 0 saturated carbocycles. The van der Waals surface area contributed by atoms with Crippen molar-refractivity contribution in [2.45, 2.75) is 20.8 Å². The Morgan fingerprint density at radius 3 is 2.55 bits per heavy atom. The van der Waals surface area contributed by atoms with E-state index in [0.29, 0.717) is 28.1 Å². The fourth-order valence-corrected chi connectivity index (χ4v) is 3.18. The molecule has 158 valence electrons. The molecule has 9 heteroatoms. The normalized spacial score (nSPS) is 9.90. The van der Waals surface area contributed by atoms with E-state index in [1.165, 1.54) is 23.5 Å². The van der Waals surface area contributed by atoms with Crippen LogP contribution in [0, 0.1) is 18.6 Å². The summed E-state index contributed by atoms with van der Waals surface area (Å²) in [6, 6.07) is 6.00. The molecule has 0 aliphatic heterocycles. The first-order valence-corrected chi connectivity index (χ1v) is 9.77. The molecule has 2 aromatic heterocycles. The van der Waals surface area contributed by atoms with Crippen LogP contribution in [0.5, 0.6) is 0 Å². The van der Waals surface area contributed by atoms with Gasteiger partial charge in [-0.15, -0.1) is 0 Å². The second-order valence-electron chi connectivity index (χ2n) is 5.35. The van der Waals surface area contributed by atoms with Crippen LogP contribution in [0.3, 0.4) is 0 Å². The number of nitrogens with zero attached hydrogens (tertiary/aromatic N) is 1. The van der Waals surface area contributed by atoms with Crippen molar-refractivity contribution in [3.05, 3.63) is 53.2 Å². The van der Waals surface area contributed by atoms with Gasteiger partial charge in [-0.3, -0.25) is 9.63 Å². The van der Waals surface area contributed by atoms with Crippen molar-refractivity contribution >= 4 is 38.5 Å². The lowest BCUT2D eigenvalue weighted by Crippen LogP contribution is -2.10. The number of hydrogen-bond donors (Lipinski definition) is 3. The number of rotatable bonds is 6. The summed E-state index contributed by atoms with van der Waals surface area (Å²) in [5.41, 5.74) is 3.75. The number of halogens is 2. The van der Waals surface area contributed by atoms with Crippen LogP contribution >= 0.6 is 11.3 Å². The highest BCUT2D eigenvalue weighted by atomic mass is 32.1. The number of carbonyl (C=O) groups is 1. The van der Waals surface area contributed by atoms with Gasteiger partial charge in [0, 0.05) is 12.4 Å². The smallest absolute Gasteiger partial charge is 0.153 e. The highest BCUT2D eigenvalue weighted by Gasteiger charge is 2.15. The second-order valence-corrected chi connectivity index (χ2v) is 6.35. The van der Waals surface area contributed by atoms with E-state index in [2.05, 4.69) is 20.6 Å². The number of fused-ring (bicyclic) bond motifs is 1. The average molecular weight is 426 g/mol. The molecule has 0 aliphatic carbocycles. The molecular weight excluding hydrogens is 400 g/mol. The van der Waals surface area contributed by atoms with E-state index in [1.54, 1.807) is 26.1 Å². The minimum absolute atomic E-state index is 0.0703. The molecule has 29 heavy (non-hydrogen) atoms. The predicted octanol–water partition coefficient (Wildman–Crippen LogP) is 4.59. The zero-order chi connectivity index (χ0) is 21.8. The Morgan fingerprint density at radius 1 is 1.28 bits per heavy atom. The van der Waals surface area contributed by atoms with Gasteiger partial charge in [-0.05, 0) is 30.7 Å². The first-order chi connectivity index (χ1) is 14.0. The summed E-state index contributed by atoms with van der Waals surface area (Å²) in [4.78, 5) is 20.2. The standard InChI is InChI=1S/C15H10F2N2OS.C3H9NO2.C2H6/c1-8-2-3-13(12(17)4-8)19-15-11(7-20)10-5-9(16)6-18-14(10)21-15;1-4-6-3-2-5;1-2/h2-7,19H,1H3;4-5H,2-3H2,1H3;1-2H3. The van der Waals surface area contributed by atoms with Gasteiger partial charge in [-0.2, -0.15) is 0 Å². The van der Waals surface area contributed by atoms with Crippen LogP contribution in [0.15, 0.2) is 30.5 Å². The molecule has 0 unspecified atom stereocenters. The molecule has 3 rings (SSSR count). The van der Waals surface area contributed by atoms with Crippen LogP contribution in [0.2, 0.25) is 0 Å². The third-order valence-corrected chi connectivity index (χ3v) is 4.42. The molecule has 3 N–H and O–H groups in total. The molecule has 1 aromatic carbocycles. The van der Waals surface area contributed by atoms with E-state index in [9.17, 15) is 13.6 Å². The second kappa shape index (κ2) is 12.9. The largest absolute Gasteiger partial charge is 0.394 e. The molecule has 2 heterocycles. The molecule has 0 radical (unpaired) electrons. The Kier molecular flexibility index (Phi) is 10.9. The van der Waals surface area contributed by atoms with Crippen LogP contribution in [-0.4, -0.2) is 36.6 Å². The summed E-state index contributed by atoms with van der Waals surface area (Å²) < 4.78 is 27.1. The highest BCUT2D eigenvalue weighted by Crippen LogP contribution is 2.36. The van der Waals surface area contributed by atoms with E-state index < -0.39 is 11.6 Å². The Hall–Kier alpha value is -2.46. The summed E-state index contributed by atoms with van der Waals surface area (Å²) in [5, 5.41) is 11.8. The van der Waals surface area contributed by atoms with Gasteiger partial charge in [0.05, 0.1) is 30.7 Å². The summed E-state index contributed by atoms with van der Waals surface area (Å²) >= 11 is 1.18. The molecule has 0 aliphatic rings. The van der Waals surface area contributed by atoms with E-state index >= 15 is 0 Å². The van der Waals surface area contributed by atoms with Crippen molar-refractivity contribution < 1.29 is 23.5 Å². The number of nitrogens with one attached hydrogen (secondary N) is 2. The number of benzene rings is 1. The Labute approximate surface area is 172 Å². The Morgan fingerprint density at radius 2 is 2.00 bits per heavy atom. The molecule has 0 saturated heterocycles. The topological polar surface area (TPSA) is 83.5 Å². The number of aliphatic hydroxyl groups excluding tert-OH is 1. The molecule has 0 atom stereocenters. The van der Waals surface area contributed by atoms with Crippen molar-refractivity contribution in [3.63, 3.8) is 0 Å². The van der Waals surface area contributed by atoms with Crippen molar-refractivity contribution in [2.75, 3.05) is 25.6 Å². The fourth-order valence-electron chi connectivity index (χ4n) is 2.18. The molecule has 6 nitrogen and oxygen atoms in total. The number of aryl methyl sites for hydroxylation is 1. The molecule has 0 bridgehead atoms. The molecular formula is C20H25F2N3O3S. The number of aromatic nitrogens is 1. The number of pyridine rings is 1. The number of hydroxylamine groups is 1. The van der Waals surface area contributed by atoms with Gasteiger partial charge in [0.1, 0.15) is 21.5 Å². The lowest BCUT2D eigenvalue weighted by molar-refractivity contribution is 0.0314. The van der Waals surface area contributed by atoms with Crippen molar-refractivity contribution in [1.29, 1.82) is 0 Å². The summed E-state index contributed by atoms with van der Waals surface area (Å²) in [7, 11) is 1.65. The van der Waals surface area contributed by atoms with Crippen LogP contribution < -0.4 is 10.8 Å². The predicted molar refractivity (Wildman–Crippen MR) is 113 cm³/mol. The highest BCUT2D eigenvalue weighted by molar-refractivity contribution is 7.23. The van der Waals surface area contributed by atoms with Gasteiger partial charge in [-0.1, -0.05) is 31.3 Å². The maximum absolute atomic E-state index is 13.9. The Bertz CT molecular complexity index is 915. The lowest BCUT2D eigenvalue weighted by atomic mass is 10.2. The van der Waals surface area contributed by atoms with E-state index in [-0.39, 0.29) is 17.9 Å². The zero-order valence-electron chi connectivity index (χ0n) is 16.8. The Balaban J connectivity index is 0.000000454. The molecule has 0 spiro atoms. The van der Waals surface area contributed by atoms with Crippen LogP contribution in [0.4, 0.5) is 19.5 Å². The monoisotopic (exact) mass is 425 g/mol. The maximum atomic E-state index is 13.9. The minimum atomic E-state index is -0.517. The van der Waals surface area contributed by atoms with Gasteiger partial charge >= 0.3 is 0 Å². The van der Waals surface area contributed by atoms with Crippen molar-refractivity contribution in [2.24, 2.45) is 0 Å². The average Bonchev–Trinajstić information content (AvgIpc) is 3.06. The van der Waals surface area contributed by atoms with Gasteiger partial charge in [0.25, 0.3) is 0 Å². The van der Waals surface area contributed by atoms with E-state index in [1.807, 2.05) is 13.8 Å². The summed E-state index contributed by atoms with van der Waals surface area (Å²) in [5.74, 6) is -0.931. The van der Waals surface area contributed by atoms with Crippen LogP contribution in [-0.2, 0) is 4.84 Å². The summed E-state index contributed by atoms with van der Waals surface area (Å²) in [6.45, 7) is 6.22. The maximum Gasteiger partial charge on any atom is 0.153 e. The molecule has 0 fully saturated rings. The fraction of sp³-hybridized carbons (Fsp3) is 0.300. The third-order valence-electron chi connectivity index (χ3n) is 3.38. The molecule has 3 aromatic rings. The van der Waals surface area contributed by atoms with Crippen molar-refractivity contribution in [1.82, 2.24) is 10.5 Å². The van der Waals surface area contributed by atoms with Gasteiger partial charge in [0.15, 0.2) is 6.29 Å². The zero-order valence-corrected chi connectivity index (χ0v) is 17.6. The number of aldehydes is 1. The quantitative estimate of drug-likeness (QED) is 0.304. The van der Waals surface area contributed by atoms with E-state index in [4.69, 9.17) is 5.11 Å².